The molecular formula is C18H24N2O4. The van der Waals surface area contributed by atoms with Crippen LogP contribution in [0.4, 0.5) is 0 Å². The lowest BCUT2D eigenvalue weighted by Gasteiger charge is -2.13. The number of hydrogen-bond acceptors (Lipinski definition) is 5. The van der Waals surface area contributed by atoms with E-state index in [1.807, 2.05) is 32.0 Å². The molecule has 0 bridgehead atoms. The lowest BCUT2D eigenvalue weighted by molar-refractivity contribution is 0.0948. The molecule has 0 saturated carbocycles. The highest BCUT2D eigenvalue weighted by atomic mass is 16.5. The van der Waals surface area contributed by atoms with E-state index in [1.165, 1.54) is 6.26 Å². The van der Waals surface area contributed by atoms with Crippen LogP contribution >= 0.6 is 0 Å². The molecule has 1 amide bonds. The number of hydrogen-bond donors (Lipinski definition) is 2. The first-order valence-corrected chi connectivity index (χ1v) is 7.99. The van der Waals surface area contributed by atoms with E-state index in [2.05, 4.69) is 5.32 Å². The fourth-order valence-corrected chi connectivity index (χ4v) is 2.18. The average Bonchev–Trinajstić information content (AvgIpc) is 3.07. The summed E-state index contributed by atoms with van der Waals surface area (Å²) in [4.78, 5) is 12.2. The van der Waals surface area contributed by atoms with Gasteiger partial charge in [0.25, 0.3) is 5.91 Å². The van der Waals surface area contributed by atoms with Crippen molar-refractivity contribution in [1.29, 1.82) is 0 Å². The molecule has 0 saturated heterocycles. The van der Waals surface area contributed by atoms with Gasteiger partial charge >= 0.3 is 0 Å². The Balaban J connectivity index is 1.96. The average molecular weight is 332 g/mol. The second-order valence-electron chi connectivity index (χ2n) is 5.35. The molecule has 2 rings (SSSR count). The summed E-state index contributed by atoms with van der Waals surface area (Å²) in [5.74, 6) is 1.12. The molecule has 0 atom stereocenters. The van der Waals surface area contributed by atoms with Crippen molar-refractivity contribution in [2.24, 2.45) is 5.73 Å². The maximum absolute atomic E-state index is 12.2. The minimum atomic E-state index is -0.209. The van der Waals surface area contributed by atoms with E-state index in [4.69, 9.17) is 19.6 Å². The van der Waals surface area contributed by atoms with Gasteiger partial charge in [0.1, 0.15) is 24.4 Å². The minimum Gasteiger partial charge on any atom is -0.491 e. The van der Waals surface area contributed by atoms with Crippen LogP contribution in [0.2, 0.25) is 0 Å². The Morgan fingerprint density at radius 1 is 1.29 bits per heavy atom. The summed E-state index contributed by atoms with van der Waals surface area (Å²) in [7, 11) is 0. The van der Waals surface area contributed by atoms with Gasteiger partial charge in [-0.25, -0.2) is 0 Å². The van der Waals surface area contributed by atoms with Crippen LogP contribution in [0.15, 0.2) is 34.9 Å². The molecule has 2 aromatic rings. The monoisotopic (exact) mass is 332 g/mol. The lowest BCUT2D eigenvalue weighted by atomic mass is 10.1. The van der Waals surface area contributed by atoms with Crippen molar-refractivity contribution in [3.05, 3.63) is 53.0 Å². The Morgan fingerprint density at radius 3 is 2.83 bits per heavy atom. The number of nitrogens with one attached hydrogen (secondary N) is 1. The topological polar surface area (TPSA) is 86.7 Å². The quantitative estimate of drug-likeness (QED) is 0.689. The van der Waals surface area contributed by atoms with Crippen molar-refractivity contribution in [3.8, 4) is 5.75 Å². The molecule has 6 nitrogen and oxygen atoms in total. The Morgan fingerprint density at radius 2 is 2.12 bits per heavy atom. The summed E-state index contributed by atoms with van der Waals surface area (Å²) < 4.78 is 16.2. The Kier molecular flexibility index (Phi) is 6.84. The van der Waals surface area contributed by atoms with Crippen LogP contribution in [0.25, 0.3) is 0 Å². The molecule has 130 valence electrons. The summed E-state index contributed by atoms with van der Waals surface area (Å²) in [5, 5.41) is 2.86. The SMILES string of the molecule is CCOCCOc1cc(C)ccc1CNC(=O)c1coc(CN)c1. The van der Waals surface area contributed by atoms with Crippen LogP contribution in [-0.2, 0) is 17.8 Å². The summed E-state index contributed by atoms with van der Waals surface area (Å²) >= 11 is 0. The predicted molar refractivity (Wildman–Crippen MR) is 90.9 cm³/mol. The first-order valence-electron chi connectivity index (χ1n) is 7.99. The molecule has 1 heterocycles. The van der Waals surface area contributed by atoms with E-state index < -0.39 is 0 Å². The van der Waals surface area contributed by atoms with E-state index in [9.17, 15) is 4.79 Å². The number of benzene rings is 1. The minimum absolute atomic E-state index is 0.209. The fourth-order valence-electron chi connectivity index (χ4n) is 2.18. The number of carbonyl (C=O) groups is 1. The normalized spacial score (nSPS) is 10.6. The van der Waals surface area contributed by atoms with Crippen LogP contribution in [-0.4, -0.2) is 25.7 Å². The Bertz CT molecular complexity index is 667. The van der Waals surface area contributed by atoms with Crippen molar-refractivity contribution in [2.45, 2.75) is 26.9 Å². The zero-order chi connectivity index (χ0) is 17.4. The van der Waals surface area contributed by atoms with E-state index >= 15 is 0 Å². The van der Waals surface area contributed by atoms with Crippen molar-refractivity contribution < 1.29 is 18.7 Å². The van der Waals surface area contributed by atoms with Gasteiger partial charge in [-0.2, -0.15) is 0 Å². The number of carbonyl (C=O) groups excluding carboxylic acids is 1. The summed E-state index contributed by atoms with van der Waals surface area (Å²) in [6.07, 6.45) is 1.41. The largest absolute Gasteiger partial charge is 0.491 e. The number of amides is 1. The molecule has 0 fully saturated rings. The van der Waals surface area contributed by atoms with E-state index in [0.717, 1.165) is 16.9 Å². The standard InChI is InChI=1S/C18H24N2O4/c1-3-22-6-7-23-17-8-13(2)4-5-14(17)11-20-18(21)15-9-16(10-19)24-12-15/h4-5,8-9,12H,3,6-7,10-11,19H2,1-2H3,(H,20,21). The van der Waals surface area contributed by atoms with Gasteiger partial charge in [0.2, 0.25) is 0 Å². The van der Waals surface area contributed by atoms with Crippen molar-refractivity contribution in [2.75, 3.05) is 19.8 Å². The highest BCUT2D eigenvalue weighted by Crippen LogP contribution is 2.20. The first kappa shape index (κ1) is 18.0. The number of nitrogens with two attached hydrogens (primary N) is 1. The molecule has 6 heteroatoms. The first-order chi connectivity index (χ1) is 11.6. The zero-order valence-corrected chi connectivity index (χ0v) is 14.1. The van der Waals surface area contributed by atoms with Gasteiger partial charge in [-0.15, -0.1) is 0 Å². The molecule has 0 aliphatic carbocycles. The number of ether oxygens (including phenoxy) is 2. The molecule has 3 N–H and O–H groups in total. The fraction of sp³-hybridized carbons (Fsp3) is 0.389. The highest BCUT2D eigenvalue weighted by molar-refractivity contribution is 5.93. The Hall–Kier alpha value is -2.31. The third kappa shape index (κ3) is 5.11. The van der Waals surface area contributed by atoms with Crippen LogP contribution in [0.3, 0.4) is 0 Å². The molecule has 1 aromatic carbocycles. The van der Waals surface area contributed by atoms with Gasteiger partial charge in [-0.05, 0) is 31.5 Å². The van der Waals surface area contributed by atoms with Gasteiger partial charge in [0.15, 0.2) is 0 Å². The third-order valence-electron chi connectivity index (χ3n) is 3.47. The van der Waals surface area contributed by atoms with Gasteiger partial charge in [-0.1, -0.05) is 12.1 Å². The van der Waals surface area contributed by atoms with Crippen LogP contribution < -0.4 is 15.8 Å². The molecule has 24 heavy (non-hydrogen) atoms. The second-order valence-corrected chi connectivity index (χ2v) is 5.35. The number of aryl methyl sites for hydroxylation is 1. The van der Waals surface area contributed by atoms with Crippen LogP contribution in [0, 0.1) is 6.92 Å². The molecule has 0 unspecified atom stereocenters. The number of rotatable bonds is 9. The number of furan rings is 1. The van der Waals surface area contributed by atoms with E-state index in [0.29, 0.717) is 37.7 Å². The smallest absolute Gasteiger partial charge is 0.254 e. The van der Waals surface area contributed by atoms with Crippen molar-refractivity contribution in [1.82, 2.24) is 5.32 Å². The summed E-state index contributed by atoms with van der Waals surface area (Å²) in [5.41, 5.74) is 7.94. The van der Waals surface area contributed by atoms with Gasteiger partial charge in [0.05, 0.1) is 18.7 Å². The van der Waals surface area contributed by atoms with E-state index in [1.54, 1.807) is 6.07 Å². The molecule has 0 radical (unpaired) electrons. The maximum Gasteiger partial charge on any atom is 0.254 e. The molecule has 0 spiro atoms. The summed E-state index contributed by atoms with van der Waals surface area (Å²) in [6.45, 7) is 6.25. The third-order valence-corrected chi connectivity index (χ3v) is 3.47. The summed E-state index contributed by atoms with van der Waals surface area (Å²) in [6, 6.07) is 7.54. The molecule has 1 aromatic heterocycles. The van der Waals surface area contributed by atoms with Crippen LogP contribution in [0.1, 0.15) is 34.2 Å². The van der Waals surface area contributed by atoms with Crippen molar-refractivity contribution >= 4 is 5.91 Å². The van der Waals surface area contributed by atoms with Gasteiger partial charge < -0.3 is 24.9 Å². The molecule has 0 aliphatic rings. The zero-order valence-electron chi connectivity index (χ0n) is 14.1. The van der Waals surface area contributed by atoms with Crippen molar-refractivity contribution in [3.63, 3.8) is 0 Å². The van der Waals surface area contributed by atoms with Crippen LogP contribution in [0.5, 0.6) is 5.75 Å². The molecule has 0 aliphatic heterocycles. The highest BCUT2D eigenvalue weighted by Gasteiger charge is 2.11. The Labute approximate surface area is 141 Å². The lowest BCUT2D eigenvalue weighted by Crippen LogP contribution is -2.22. The predicted octanol–water partition coefficient (Wildman–Crippen LogP) is 2.39. The molecular weight excluding hydrogens is 308 g/mol. The second kappa shape index (κ2) is 9.10. The van der Waals surface area contributed by atoms with Gasteiger partial charge in [0, 0.05) is 18.7 Å². The maximum atomic E-state index is 12.2. The van der Waals surface area contributed by atoms with Gasteiger partial charge in [-0.3, -0.25) is 4.79 Å². The van der Waals surface area contributed by atoms with E-state index in [-0.39, 0.29) is 12.5 Å².